The third-order valence-electron chi connectivity index (χ3n) is 6.43. The molecule has 1 amide bonds. The molecule has 1 aromatic carbocycles. The highest BCUT2D eigenvalue weighted by Gasteiger charge is 2.45. The first-order valence-corrected chi connectivity index (χ1v) is 12.4. The molecule has 3 rings (SSSR count). The second-order valence-electron chi connectivity index (χ2n) is 10.0. The molecule has 1 saturated heterocycles. The molecule has 0 unspecified atom stereocenters. The van der Waals surface area contributed by atoms with Crippen LogP contribution in [0.3, 0.4) is 0 Å². The molecule has 0 aliphatic carbocycles. The number of aliphatic hydroxyl groups is 6. The van der Waals surface area contributed by atoms with Gasteiger partial charge >= 0.3 is 0 Å². The van der Waals surface area contributed by atoms with E-state index in [2.05, 4.69) is 15.5 Å². The standard InChI is InChI=1S/C26H37N3O9/c1-14(2)20-17(24(29-28-20)38-25-23(36)22(35)21(34)18(11-30)37-25)10-16-6-4-15(5-7-16)8-9-19(33)27-26(3,12-31)13-32/h4-9,14,18,21-23,25,30-32,34-36H,10-13H2,1-3H3,(H,27,33)(H,28,29)/t18-,21-,22+,23-,25+/m1/s1. The molecular weight excluding hydrogens is 498 g/mol. The number of nitrogens with one attached hydrogen (secondary N) is 2. The van der Waals surface area contributed by atoms with Gasteiger partial charge in [0.05, 0.1) is 25.4 Å². The molecule has 1 fully saturated rings. The zero-order valence-corrected chi connectivity index (χ0v) is 21.6. The van der Waals surface area contributed by atoms with Crippen molar-refractivity contribution in [2.45, 2.75) is 69.4 Å². The molecule has 2 heterocycles. The van der Waals surface area contributed by atoms with Crippen LogP contribution in [0.25, 0.3) is 6.08 Å². The topological polar surface area (TPSA) is 198 Å². The van der Waals surface area contributed by atoms with Crippen LogP contribution in [-0.2, 0) is 16.0 Å². The minimum Gasteiger partial charge on any atom is -0.443 e. The van der Waals surface area contributed by atoms with Gasteiger partial charge < -0.3 is 45.4 Å². The largest absolute Gasteiger partial charge is 0.443 e. The number of carbonyl (C=O) groups is 1. The molecule has 0 spiro atoms. The van der Waals surface area contributed by atoms with E-state index < -0.39 is 62.0 Å². The number of aromatic nitrogens is 2. The van der Waals surface area contributed by atoms with Gasteiger partial charge in [0.1, 0.15) is 24.4 Å². The highest BCUT2D eigenvalue weighted by Crippen LogP contribution is 2.31. The van der Waals surface area contributed by atoms with Crippen molar-refractivity contribution in [3.05, 3.63) is 52.7 Å². The van der Waals surface area contributed by atoms with Gasteiger partial charge in [0.2, 0.25) is 18.1 Å². The van der Waals surface area contributed by atoms with E-state index >= 15 is 0 Å². The molecule has 0 radical (unpaired) electrons. The quantitative estimate of drug-likeness (QED) is 0.168. The molecule has 12 heteroatoms. The Morgan fingerprint density at radius 1 is 1.13 bits per heavy atom. The average Bonchev–Trinajstić information content (AvgIpc) is 3.30. The first-order valence-electron chi connectivity index (χ1n) is 12.4. The summed E-state index contributed by atoms with van der Waals surface area (Å²) in [5, 5.41) is 68.2. The van der Waals surface area contributed by atoms with Crippen molar-refractivity contribution in [3.63, 3.8) is 0 Å². The van der Waals surface area contributed by atoms with Gasteiger partial charge in [0.15, 0.2) is 0 Å². The van der Waals surface area contributed by atoms with Crippen molar-refractivity contribution in [1.82, 2.24) is 15.5 Å². The Bertz CT molecular complexity index is 1080. The van der Waals surface area contributed by atoms with Crippen LogP contribution in [0, 0.1) is 0 Å². The number of H-pyrrole nitrogens is 1. The maximum Gasteiger partial charge on any atom is 0.244 e. The lowest BCUT2D eigenvalue weighted by atomic mass is 9.98. The lowest BCUT2D eigenvalue weighted by Gasteiger charge is -2.39. The van der Waals surface area contributed by atoms with Gasteiger partial charge in [-0.1, -0.05) is 38.1 Å². The first-order chi connectivity index (χ1) is 18.0. The molecule has 1 aliphatic rings. The number of amides is 1. The minimum atomic E-state index is -1.57. The van der Waals surface area contributed by atoms with Crippen molar-refractivity contribution >= 4 is 12.0 Å². The highest BCUT2D eigenvalue weighted by molar-refractivity contribution is 5.92. The number of rotatable bonds is 11. The molecule has 0 bridgehead atoms. The molecule has 1 aliphatic heterocycles. The number of hydrogen-bond donors (Lipinski definition) is 8. The van der Waals surface area contributed by atoms with Gasteiger partial charge in [-0.25, -0.2) is 0 Å². The summed E-state index contributed by atoms with van der Waals surface area (Å²) in [6.07, 6.45) is -3.74. The van der Waals surface area contributed by atoms with Gasteiger partial charge in [0, 0.05) is 23.8 Å². The Balaban J connectivity index is 1.74. The summed E-state index contributed by atoms with van der Waals surface area (Å²) in [5.41, 5.74) is 2.07. The molecule has 38 heavy (non-hydrogen) atoms. The summed E-state index contributed by atoms with van der Waals surface area (Å²) in [4.78, 5) is 12.1. The highest BCUT2D eigenvalue weighted by atomic mass is 16.7. The fourth-order valence-electron chi connectivity index (χ4n) is 3.97. The lowest BCUT2D eigenvalue weighted by molar-refractivity contribution is -0.278. The maximum atomic E-state index is 12.1. The van der Waals surface area contributed by atoms with Crippen LogP contribution < -0.4 is 10.1 Å². The molecule has 8 N–H and O–H groups in total. The van der Waals surface area contributed by atoms with E-state index in [9.17, 15) is 35.4 Å². The summed E-state index contributed by atoms with van der Waals surface area (Å²) in [5.74, 6) is -0.224. The smallest absolute Gasteiger partial charge is 0.244 e. The van der Waals surface area contributed by atoms with Crippen molar-refractivity contribution in [1.29, 1.82) is 0 Å². The van der Waals surface area contributed by atoms with Crippen LogP contribution in [0.1, 0.15) is 49.1 Å². The summed E-state index contributed by atoms with van der Waals surface area (Å²) >= 11 is 0. The van der Waals surface area contributed by atoms with Crippen LogP contribution >= 0.6 is 0 Å². The second kappa shape index (κ2) is 12.8. The van der Waals surface area contributed by atoms with Crippen LogP contribution in [0.15, 0.2) is 30.3 Å². The van der Waals surface area contributed by atoms with Crippen molar-refractivity contribution in [2.75, 3.05) is 19.8 Å². The number of hydrogen-bond acceptors (Lipinski definition) is 10. The number of aliphatic hydroxyl groups excluding tert-OH is 6. The Hall–Kier alpha value is -2.84. The summed E-state index contributed by atoms with van der Waals surface area (Å²) in [6, 6.07) is 7.39. The molecule has 12 nitrogen and oxygen atoms in total. The number of ether oxygens (including phenoxy) is 2. The number of nitrogens with zero attached hydrogens (tertiary/aromatic N) is 1. The van der Waals surface area contributed by atoms with Gasteiger partial charge in [-0.2, -0.15) is 0 Å². The second-order valence-corrected chi connectivity index (χ2v) is 10.0. The predicted octanol–water partition coefficient (Wildman–Crippen LogP) is -0.825. The van der Waals surface area contributed by atoms with E-state index in [1.54, 1.807) is 6.08 Å². The molecule has 1 aromatic heterocycles. The Morgan fingerprint density at radius 2 is 1.79 bits per heavy atom. The predicted molar refractivity (Wildman–Crippen MR) is 136 cm³/mol. The number of carbonyl (C=O) groups excluding carboxylic acids is 1. The van der Waals surface area contributed by atoms with Gasteiger partial charge in [-0.15, -0.1) is 5.10 Å². The van der Waals surface area contributed by atoms with Crippen LogP contribution in [0.5, 0.6) is 5.88 Å². The van der Waals surface area contributed by atoms with Crippen molar-refractivity contribution in [2.24, 2.45) is 0 Å². The number of benzene rings is 1. The zero-order chi connectivity index (χ0) is 28.0. The summed E-state index contributed by atoms with van der Waals surface area (Å²) in [6.45, 7) is 4.13. The van der Waals surface area contributed by atoms with Crippen LogP contribution in [0.4, 0.5) is 0 Å². The lowest BCUT2D eigenvalue weighted by Crippen LogP contribution is -2.60. The Kier molecular flexibility index (Phi) is 10.0. The zero-order valence-electron chi connectivity index (χ0n) is 21.6. The molecule has 210 valence electrons. The SMILES string of the molecule is CC(C)c1[nH]nc(O[C@@H]2O[C@H](CO)[C@@H](O)[C@H](O)[C@H]2O)c1Cc1ccc(C=CC(=O)NC(C)(CO)CO)cc1. The monoisotopic (exact) mass is 535 g/mol. The van der Waals surface area contributed by atoms with E-state index in [1.165, 1.54) is 13.0 Å². The fraction of sp³-hybridized carbons (Fsp3) is 0.538. The van der Waals surface area contributed by atoms with E-state index in [4.69, 9.17) is 9.47 Å². The summed E-state index contributed by atoms with van der Waals surface area (Å²) in [7, 11) is 0. The van der Waals surface area contributed by atoms with Crippen molar-refractivity contribution in [3.8, 4) is 5.88 Å². The van der Waals surface area contributed by atoms with Crippen LogP contribution in [-0.4, -0.2) is 103 Å². The normalized spacial score (nSPS) is 24.2. The minimum absolute atomic E-state index is 0.0638. The van der Waals surface area contributed by atoms with Crippen LogP contribution in [0.2, 0.25) is 0 Å². The van der Waals surface area contributed by atoms with Gasteiger partial charge in [-0.3, -0.25) is 9.89 Å². The third kappa shape index (κ3) is 6.97. The van der Waals surface area contributed by atoms with Gasteiger partial charge in [-0.05, 0) is 30.0 Å². The summed E-state index contributed by atoms with van der Waals surface area (Å²) < 4.78 is 11.3. The molecule has 0 saturated carbocycles. The van der Waals surface area contributed by atoms with Gasteiger partial charge in [0.25, 0.3) is 0 Å². The van der Waals surface area contributed by atoms with E-state index in [-0.39, 0.29) is 11.8 Å². The third-order valence-corrected chi connectivity index (χ3v) is 6.43. The van der Waals surface area contributed by atoms with E-state index in [1.807, 2.05) is 38.1 Å². The number of aromatic amines is 1. The Morgan fingerprint density at radius 3 is 2.37 bits per heavy atom. The molecule has 2 aromatic rings. The molecular formula is C26H37N3O9. The molecule has 5 atom stereocenters. The van der Waals surface area contributed by atoms with E-state index in [0.717, 1.165) is 16.8 Å². The Labute approximate surface area is 220 Å². The average molecular weight is 536 g/mol. The first kappa shape index (κ1) is 29.7. The van der Waals surface area contributed by atoms with E-state index in [0.29, 0.717) is 12.0 Å². The maximum absolute atomic E-state index is 12.1. The fourth-order valence-corrected chi connectivity index (χ4v) is 3.97. The van der Waals surface area contributed by atoms with Crippen molar-refractivity contribution < 1.29 is 44.9 Å².